The molecule has 1 heterocycles. The normalized spacial score (nSPS) is 11.8. The van der Waals surface area contributed by atoms with E-state index in [4.69, 9.17) is 5.73 Å². The molecule has 2 rings (SSSR count). The van der Waals surface area contributed by atoms with Crippen LogP contribution in [-0.2, 0) is 11.0 Å². The van der Waals surface area contributed by atoms with Gasteiger partial charge in [0.1, 0.15) is 5.69 Å². The van der Waals surface area contributed by atoms with E-state index in [1.807, 2.05) is 34.6 Å². The Morgan fingerprint density at radius 3 is 2.28 bits per heavy atom. The van der Waals surface area contributed by atoms with E-state index >= 15 is 0 Å². The third-order valence-electron chi connectivity index (χ3n) is 6.38. The Hall–Kier alpha value is -3.93. The summed E-state index contributed by atoms with van der Waals surface area (Å²) in [7, 11) is 1.78. The second kappa shape index (κ2) is 18.6. The lowest BCUT2D eigenvalue weighted by molar-refractivity contribution is -0.141. The minimum Gasteiger partial charge on any atom is -0.366 e. The predicted molar refractivity (Wildman–Crippen MR) is 165 cm³/mol. The van der Waals surface area contributed by atoms with Crippen LogP contribution in [0, 0.1) is 6.92 Å². The molecule has 0 radical (unpaired) electrons. The number of hydrogen-bond donors (Lipinski definition) is 2. The Balaban J connectivity index is 0.00000106. The monoisotopic (exact) mass is 608 g/mol. The summed E-state index contributed by atoms with van der Waals surface area (Å²) in [4.78, 5) is 39.2. The number of nitrogens with zero attached hydrogens (tertiary/aromatic N) is 4. The molecule has 2 aromatic rings. The number of allylic oxidation sites excluding steroid dienone is 2. The number of nitrogens with one attached hydrogen (secondary N) is 1. The number of aromatic nitrogens is 2. The van der Waals surface area contributed by atoms with Crippen LogP contribution in [0.5, 0.6) is 0 Å². The number of amides is 3. The number of hydrogen-bond acceptors (Lipinski definition) is 5. The number of carbonyl (C=O) groups is 3. The van der Waals surface area contributed by atoms with Crippen LogP contribution in [0.25, 0.3) is 5.69 Å². The number of alkyl halides is 3. The molecule has 9 nitrogen and oxygen atoms in total. The van der Waals surface area contributed by atoms with Crippen LogP contribution >= 0.6 is 0 Å². The number of rotatable bonds is 11. The second-order valence-corrected chi connectivity index (χ2v) is 9.29. The van der Waals surface area contributed by atoms with Gasteiger partial charge in [-0.2, -0.15) is 18.3 Å². The van der Waals surface area contributed by atoms with Gasteiger partial charge in [-0.05, 0) is 58.9 Å². The fourth-order valence-electron chi connectivity index (χ4n) is 3.68. The zero-order chi connectivity index (χ0) is 33.5. The first-order valence-corrected chi connectivity index (χ1v) is 14.3. The Labute approximate surface area is 253 Å². The fourth-order valence-corrected chi connectivity index (χ4v) is 3.68. The van der Waals surface area contributed by atoms with E-state index in [0.29, 0.717) is 25.2 Å². The molecule has 3 N–H and O–H groups in total. The number of nitrogens with two attached hydrogens (primary N) is 1. The van der Waals surface area contributed by atoms with E-state index in [2.05, 4.69) is 17.0 Å². The first kappa shape index (κ1) is 39.1. The van der Waals surface area contributed by atoms with Gasteiger partial charge >= 0.3 is 6.18 Å². The summed E-state index contributed by atoms with van der Waals surface area (Å²) in [5, 5.41) is 6.66. The van der Waals surface area contributed by atoms with Gasteiger partial charge in [0, 0.05) is 36.5 Å². The molecule has 0 spiro atoms. The van der Waals surface area contributed by atoms with Crippen molar-refractivity contribution < 1.29 is 27.6 Å². The number of carbonyl (C=O) groups excluding carboxylic acids is 3. The zero-order valence-corrected chi connectivity index (χ0v) is 26.8. The van der Waals surface area contributed by atoms with E-state index in [0.717, 1.165) is 11.2 Å². The molecule has 1 unspecified atom stereocenters. The Bertz CT molecular complexity index is 1250. The summed E-state index contributed by atoms with van der Waals surface area (Å²) in [6.07, 6.45) is -0.657. The highest BCUT2D eigenvalue weighted by atomic mass is 19.4. The molecule has 0 fully saturated rings. The maximum absolute atomic E-state index is 13.5. The van der Waals surface area contributed by atoms with E-state index in [-0.39, 0.29) is 34.5 Å². The van der Waals surface area contributed by atoms with Crippen LogP contribution in [0.2, 0.25) is 0 Å². The van der Waals surface area contributed by atoms with Crippen molar-refractivity contribution in [1.82, 2.24) is 24.9 Å². The van der Waals surface area contributed by atoms with Crippen LogP contribution in [0.1, 0.15) is 87.0 Å². The van der Waals surface area contributed by atoms with Crippen molar-refractivity contribution in [3.8, 4) is 5.69 Å². The minimum absolute atomic E-state index is 0.0951. The Morgan fingerprint density at radius 2 is 1.81 bits per heavy atom. The maximum atomic E-state index is 13.5. The average Bonchev–Trinajstić information content (AvgIpc) is 3.36. The van der Waals surface area contributed by atoms with Crippen LogP contribution < -0.4 is 11.1 Å². The van der Waals surface area contributed by atoms with Gasteiger partial charge in [-0.25, -0.2) is 4.68 Å². The lowest BCUT2D eigenvalue weighted by Gasteiger charge is -2.23. The van der Waals surface area contributed by atoms with Gasteiger partial charge in [0.05, 0.1) is 12.2 Å². The summed E-state index contributed by atoms with van der Waals surface area (Å²) in [6, 6.07) is 5.77. The van der Waals surface area contributed by atoms with Crippen molar-refractivity contribution in [2.24, 2.45) is 5.73 Å². The van der Waals surface area contributed by atoms with Gasteiger partial charge in [0.15, 0.2) is 5.69 Å². The van der Waals surface area contributed by atoms with Gasteiger partial charge in [-0.3, -0.25) is 14.4 Å². The first-order valence-electron chi connectivity index (χ1n) is 14.3. The summed E-state index contributed by atoms with van der Waals surface area (Å²) in [5.41, 5.74) is 4.48. The molecule has 0 aliphatic heterocycles. The smallest absolute Gasteiger partial charge is 0.366 e. The van der Waals surface area contributed by atoms with Gasteiger partial charge in [-0.15, -0.1) is 6.58 Å². The molecular formula is C31H47F3N6O3. The molecule has 12 heteroatoms. The maximum Gasteiger partial charge on any atom is 0.435 e. The Kier molecular flexibility index (Phi) is 16.9. The lowest BCUT2D eigenvalue weighted by Crippen LogP contribution is -2.39. The van der Waals surface area contributed by atoms with E-state index < -0.39 is 23.7 Å². The largest absolute Gasteiger partial charge is 0.435 e. The minimum atomic E-state index is -4.74. The second-order valence-electron chi connectivity index (χ2n) is 9.29. The van der Waals surface area contributed by atoms with Gasteiger partial charge < -0.3 is 20.9 Å². The summed E-state index contributed by atoms with van der Waals surface area (Å²) in [5.74, 6) is -1.24. The van der Waals surface area contributed by atoms with Gasteiger partial charge in [-0.1, -0.05) is 45.9 Å². The summed E-state index contributed by atoms with van der Waals surface area (Å²) >= 11 is 0. The molecule has 43 heavy (non-hydrogen) atoms. The molecule has 0 bridgehead atoms. The van der Waals surface area contributed by atoms with Gasteiger partial charge in [0.2, 0.25) is 11.8 Å². The molecule has 0 aliphatic rings. The molecule has 3 amide bonds. The van der Waals surface area contributed by atoms with Crippen molar-refractivity contribution >= 4 is 17.7 Å². The van der Waals surface area contributed by atoms with Crippen LogP contribution in [0.4, 0.5) is 13.2 Å². The molecule has 1 atom stereocenters. The molecular weight excluding hydrogens is 561 g/mol. The van der Waals surface area contributed by atoms with E-state index in [1.165, 1.54) is 36.1 Å². The summed E-state index contributed by atoms with van der Waals surface area (Å²) < 4.78 is 41.5. The highest BCUT2D eigenvalue weighted by Crippen LogP contribution is 2.34. The number of benzene rings is 1. The molecule has 0 saturated heterocycles. The molecule has 0 aliphatic carbocycles. The van der Waals surface area contributed by atoms with Crippen LogP contribution in [0.3, 0.4) is 0 Å². The van der Waals surface area contributed by atoms with Crippen LogP contribution in [0.15, 0.2) is 48.7 Å². The zero-order valence-electron chi connectivity index (χ0n) is 26.8. The third kappa shape index (κ3) is 11.0. The van der Waals surface area contributed by atoms with Gasteiger partial charge in [0.25, 0.3) is 5.91 Å². The highest BCUT2D eigenvalue weighted by Gasteiger charge is 2.40. The van der Waals surface area contributed by atoms with Crippen molar-refractivity contribution in [2.45, 2.75) is 74.0 Å². The average molecular weight is 609 g/mol. The Morgan fingerprint density at radius 1 is 1.21 bits per heavy atom. The quantitative estimate of drug-likeness (QED) is 0.317. The first-order chi connectivity index (χ1) is 20.2. The third-order valence-corrected chi connectivity index (χ3v) is 6.38. The van der Waals surface area contributed by atoms with Crippen molar-refractivity contribution in [1.29, 1.82) is 0 Å². The van der Waals surface area contributed by atoms with E-state index in [9.17, 15) is 27.6 Å². The molecule has 1 aromatic heterocycles. The summed E-state index contributed by atoms with van der Waals surface area (Å²) in [6.45, 7) is 19.6. The molecule has 0 saturated carbocycles. The standard InChI is InChI=1S/C20H23F3N4O2.C9H18N2O.C2H6/c1-5-10-26(12(3)6-2)19(29)16-13(4)17(20(21,22)23)25-27(16)15-9-7-8-14(11-15)18(24)28;1-5-8(3)11(4)9(12)7-10-6-2;1-2/h6-9,11H,5,10H2,1-4H3,(H2,24,28);5,8,10H,1,6-7H2,2-4H3;1-2H3/b12-6+;;. The van der Waals surface area contributed by atoms with Crippen molar-refractivity contribution in [2.75, 3.05) is 26.7 Å². The lowest BCUT2D eigenvalue weighted by atomic mass is 10.1. The SMILES string of the molecule is C/C=C(\C)N(CCC)C(=O)c1c(C)c(C(F)(F)F)nn1-c1cccc(C(N)=O)c1.C=CC(C)N(C)C(=O)CNCC.CC. The number of halogens is 3. The van der Waals surface area contributed by atoms with Crippen molar-refractivity contribution in [3.05, 3.63) is 71.2 Å². The van der Waals surface area contributed by atoms with Crippen molar-refractivity contribution in [3.63, 3.8) is 0 Å². The fraction of sp³-hybridized carbons (Fsp3) is 0.484. The van der Waals surface area contributed by atoms with Crippen LogP contribution in [-0.4, -0.2) is 70.0 Å². The molecule has 1 aromatic carbocycles. The van der Waals surface area contributed by atoms with E-state index in [1.54, 1.807) is 37.9 Å². The number of likely N-dealkylation sites (N-methyl/N-ethyl adjacent to an activating group) is 2. The number of primary amides is 1. The molecule has 240 valence electrons. The highest BCUT2D eigenvalue weighted by molar-refractivity contribution is 5.96. The topological polar surface area (TPSA) is 114 Å². The predicted octanol–water partition coefficient (Wildman–Crippen LogP) is 5.73.